The van der Waals surface area contributed by atoms with Gasteiger partial charge in [-0.25, -0.2) is 4.98 Å². The summed E-state index contributed by atoms with van der Waals surface area (Å²) in [6, 6.07) is 3.72. The molecule has 1 unspecified atom stereocenters. The molecule has 1 amide bonds. The Morgan fingerprint density at radius 2 is 2.32 bits per heavy atom. The van der Waals surface area contributed by atoms with E-state index in [4.69, 9.17) is 4.74 Å². The van der Waals surface area contributed by atoms with Crippen LogP contribution in [-0.2, 0) is 9.53 Å². The molecule has 1 aliphatic rings. The van der Waals surface area contributed by atoms with Crippen molar-refractivity contribution in [3.63, 3.8) is 0 Å². The third-order valence-electron chi connectivity index (χ3n) is 2.60. The van der Waals surface area contributed by atoms with Crippen molar-refractivity contribution in [2.24, 2.45) is 0 Å². The Balaban J connectivity index is 0.00000162. The number of amides is 1. The van der Waals surface area contributed by atoms with Crippen LogP contribution in [0.2, 0.25) is 0 Å². The van der Waals surface area contributed by atoms with Crippen LogP contribution in [0.4, 0.5) is 5.82 Å². The van der Waals surface area contributed by atoms with Crippen molar-refractivity contribution in [3.8, 4) is 0 Å². The fourth-order valence-electron chi connectivity index (χ4n) is 1.69. The molecule has 7 heteroatoms. The first-order chi connectivity index (χ1) is 8.24. The lowest BCUT2D eigenvalue weighted by molar-refractivity contribution is -0.119. The monoisotopic (exact) mass is 307 g/mol. The zero-order valence-corrected chi connectivity index (χ0v) is 12.4. The van der Waals surface area contributed by atoms with Crippen molar-refractivity contribution in [1.29, 1.82) is 0 Å². The predicted octanol–water partition coefficient (Wildman–Crippen LogP) is 1.55. The highest BCUT2D eigenvalue weighted by Crippen LogP contribution is 2.07. The van der Waals surface area contributed by atoms with Crippen LogP contribution in [0, 0.1) is 6.92 Å². The molecule has 1 saturated heterocycles. The average Bonchev–Trinajstić information content (AvgIpc) is 2.33. The Morgan fingerprint density at radius 3 is 2.89 bits per heavy atom. The van der Waals surface area contributed by atoms with Gasteiger partial charge < -0.3 is 15.4 Å². The van der Waals surface area contributed by atoms with Gasteiger partial charge in [0.2, 0.25) is 5.91 Å². The molecule has 0 bridgehead atoms. The summed E-state index contributed by atoms with van der Waals surface area (Å²) in [7, 11) is 0. The number of carbonyl (C=O) groups excluding carboxylic acids is 1. The van der Waals surface area contributed by atoms with Gasteiger partial charge in [0.25, 0.3) is 0 Å². The highest BCUT2D eigenvalue weighted by molar-refractivity contribution is 5.90. The molecule has 19 heavy (non-hydrogen) atoms. The van der Waals surface area contributed by atoms with Crippen molar-refractivity contribution >= 4 is 36.5 Å². The van der Waals surface area contributed by atoms with E-state index in [1.54, 1.807) is 12.3 Å². The molecule has 1 aromatic heterocycles. The number of anilines is 1. The summed E-state index contributed by atoms with van der Waals surface area (Å²) in [6.45, 7) is 4.22. The Bertz CT molecular complexity index is 381. The van der Waals surface area contributed by atoms with Crippen LogP contribution in [0.15, 0.2) is 18.3 Å². The Hall–Kier alpha value is -0.880. The quantitative estimate of drug-likeness (QED) is 0.889. The van der Waals surface area contributed by atoms with Crippen molar-refractivity contribution in [2.75, 3.05) is 25.0 Å². The first kappa shape index (κ1) is 18.1. The fourth-order valence-corrected chi connectivity index (χ4v) is 1.69. The number of aromatic nitrogens is 1. The number of rotatable bonds is 3. The summed E-state index contributed by atoms with van der Waals surface area (Å²) < 4.78 is 5.46. The maximum atomic E-state index is 11.7. The van der Waals surface area contributed by atoms with E-state index < -0.39 is 0 Å². The second kappa shape index (κ2) is 9.09. The highest BCUT2D eigenvalue weighted by Gasteiger charge is 2.17. The average molecular weight is 308 g/mol. The van der Waals surface area contributed by atoms with Crippen molar-refractivity contribution < 1.29 is 9.53 Å². The van der Waals surface area contributed by atoms with Gasteiger partial charge in [-0.2, -0.15) is 0 Å². The summed E-state index contributed by atoms with van der Waals surface area (Å²) in [5.41, 5.74) is 1.07. The van der Waals surface area contributed by atoms with Crippen LogP contribution in [-0.4, -0.2) is 36.7 Å². The molecule has 0 spiro atoms. The number of aryl methyl sites for hydroxylation is 1. The maximum Gasteiger partial charge on any atom is 0.228 e. The summed E-state index contributed by atoms with van der Waals surface area (Å²) >= 11 is 0. The number of hydrogen-bond donors (Lipinski definition) is 2. The maximum absolute atomic E-state index is 11.7. The Morgan fingerprint density at radius 1 is 1.53 bits per heavy atom. The molecule has 108 valence electrons. The molecule has 0 aromatic carbocycles. The number of morpholine rings is 1. The normalized spacial score (nSPS) is 17.8. The minimum Gasteiger partial charge on any atom is -0.375 e. The third kappa shape index (κ3) is 6.20. The number of hydrogen-bond acceptors (Lipinski definition) is 4. The summed E-state index contributed by atoms with van der Waals surface area (Å²) in [4.78, 5) is 15.8. The minimum atomic E-state index is -0.0601. The van der Waals surface area contributed by atoms with Gasteiger partial charge in [0, 0.05) is 19.3 Å². The highest BCUT2D eigenvalue weighted by atomic mass is 35.5. The van der Waals surface area contributed by atoms with E-state index in [0.717, 1.165) is 18.7 Å². The standard InChI is InChI=1S/C12H17N3O2.2ClH/c1-9-2-3-11(14-7-9)15-12(16)6-10-8-13-4-5-17-10;;/h2-3,7,10,13H,4-6,8H2,1H3,(H,14,15,16);2*1H. The number of ether oxygens (including phenoxy) is 1. The summed E-state index contributed by atoms with van der Waals surface area (Å²) in [6.07, 6.45) is 2.06. The second-order valence-electron chi connectivity index (χ2n) is 4.17. The minimum absolute atomic E-state index is 0. The third-order valence-corrected chi connectivity index (χ3v) is 2.60. The molecule has 2 heterocycles. The van der Waals surface area contributed by atoms with Crippen LogP contribution in [0.1, 0.15) is 12.0 Å². The van der Waals surface area contributed by atoms with E-state index in [2.05, 4.69) is 15.6 Å². The van der Waals surface area contributed by atoms with Gasteiger partial charge >= 0.3 is 0 Å². The Labute approximate surface area is 125 Å². The topological polar surface area (TPSA) is 63.2 Å². The summed E-state index contributed by atoms with van der Waals surface area (Å²) in [5, 5.41) is 5.95. The predicted molar refractivity (Wildman–Crippen MR) is 79.3 cm³/mol. The molecule has 1 atom stereocenters. The Kier molecular flexibility index (Phi) is 8.67. The summed E-state index contributed by atoms with van der Waals surface area (Å²) in [5.74, 6) is 0.527. The number of halogens is 2. The van der Waals surface area contributed by atoms with Crippen LogP contribution >= 0.6 is 24.8 Å². The largest absolute Gasteiger partial charge is 0.375 e. The second-order valence-corrected chi connectivity index (χ2v) is 4.17. The van der Waals surface area contributed by atoms with Gasteiger partial charge in [0.15, 0.2) is 0 Å². The molecule has 0 radical (unpaired) electrons. The van der Waals surface area contributed by atoms with E-state index >= 15 is 0 Å². The van der Waals surface area contributed by atoms with E-state index in [-0.39, 0.29) is 36.8 Å². The van der Waals surface area contributed by atoms with Crippen molar-refractivity contribution in [3.05, 3.63) is 23.9 Å². The SMILES string of the molecule is Cc1ccc(NC(=O)CC2CNCCO2)nc1.Cl.Cl. The van der Waals surface area contributed by atoms with Crippen LogP contribution < -0.4 is 10.6 Å². The fraction of sp³-hybridized carbons (Fsp3) is 0.500. The lowest BCUT2D eigenvalue weighted by atomic mass is 10.2. The van der Waals surface area contributed by atoms with Gasteiger partial charge in [-0.15, -0.1) is 24.8 Å². The molecule has 2 N–H and O–H groups in total. The van der Waals surface area contributed by atoms with Gasteiger partial charge in [-0.05, 0) is 18.6 Å². The smallest absolute Gasteiger partial charge is 0.228 e. The number of nitrogens with zero attached hydrogens (tertiary/aromatic N) is 1. The van der Waals surface area contributed by atoms with Crippen LogP contribution in [0.25, 0.3) is 0 Å². The zero-order chi connectivity index (χ0) is 12.1. The van der Waals surface area contributed by atoms with Crippen molar-refractivity contribution in [1.82, 2.24) is 10.3 Å². The first-order valence-corrected chi connectivity index (χ1v) is 5.79. The number of carbonyl (C=O) groups is 1. The molecular weight excluding hydrogens is 289 g/mol. The van der Waals surface area contributed by atoms with Gasteiger partial charge in [-0.1, -0.05) is 6.07 Å². The molecule has 2 rings (SSSR count). The van der Waals surface area contributed by atoms with Crippen LogP contribution in [0.3, 0.4) is 0 Å². The van der Waals surface area contributed by atoms with Gasteiger partial charge in [0.05, 0.1) is 19.1 Å². The molecule has 1 aliphatic heterocycles. The molecule has 0 aliphatic carbocycles. The number of pyridine rings is 1. The molecule has 5 nitrogen and oxygen atoms in total. The van der Waals surface area contributed by atoms with E-state index in [9.17, 15) is 4.79 Å². The molecule has 0 saturated carbocycles. The molecule has 1 fully saturated rings. The molecule has 1 aromatic rings. The lowest BCUT2D eigenvalue weighted by Crippen LogP contribution is -2.40. The number of nitrogens with one attached hydrogen (secondary N) is 2. The van der Waals surface area contributed by atoms with Crippen LogP contribution in [0.5, 0.6) is 0 Å². The van der Waals surface area contributed by atoms with Gasteiger partial charge in [-0.3, -0.25) is 4.79 Å². The lowest BCUT2D eigenvalue weighted by Gasteiger charge is -2.22. The zero-order valence-electron chi connectivity index (χ0n) is 10.7. The van der Waals surface area contributed by atoms with E-state index in [0.29, 0.717) is 18.8 Å². The van der Waals surface area contributed by atoms with E-state index in [1.165, 1.54) is 0 Å². The van der Waals surface area contributed by atoms with Gasteiger partial charge in [0.1, 0.15) is 5.82 Å². The van der Waals surface area contributed by atoms with E-state index in [1.807, 2.05) is 13.0 Å². The first-order valence-electron chi connectivity index (χ1n) is 5.79. The molecular formula is C12H19Cl2N3O2. The van der Waals surface area contributed by atoms with Crippen molar-refractivity contribution in [2.45, 2.75) is 19.4 Å².